The topological polar surface area (TPSA) is 57.8 Å². The summed E-state index contributed by atoms with van der Waals surface area (Å²) in [6.45, 7) is 0.0179. The Morgan fingerprint density at radius 1 is 1.00 bits per heavy atom. The second kappa shape index (κ2) is 5.05. The van der Waals surface area contributed by atoms with Gasteiger partial charge in [0.25, 0.3) is 5.56 Å². The maximum Gasteiger partial charge on any atom is 0.272 e. The number of halogens is 4. The van der Waals surface area contributed by atoms with Gasteiger partial charge < -0.3 is 5.32 Å². The molecule has 8 heteroatoms. The third-order valence-corrected chi connectivity index (χ3v) is 4.10. The van der Waals surface area contributed by atoms with Crippen molar-refractivity contribution < 1.29 is 17.6 Å². The van der Waals surface area contributed by atoms with Crippen LogP contribution in [0.1, 0.15) is 17.2 Å². The minimum absolute atomic E-state index is 0.0179. The molecular formula is C16H9F4N3O. The lowest BCUT2D eigenvalue weighted by Gasteiger charge is -2.26. The Morgan fingerprint density at radius 2 is 1.67 bits per heavy atom. The minimum Gasteiger partial charge on any atom is -0.383 e. The van der Waals surface area contributed by atoms with Crippen LogP contribution in [0.5, 0.6) is 0 Å². The third-order valence-electron chi connectivity index (χ3n) is 4.10. The quantitative estimate of drug-likeness (QED) is 0.672. The molecule has 2 aromatic carbocycles. The van der Waals surface area contributed by atoms with E-state index in [0.717, 1.165) is 6.07 Å². The Balaban J connectivity index is 2.03. The molecule has 1 aliphatic rings. The second-order valence-electron chi connectivity index (χ2n) is 5.53. The van der Waals surface area contributed by atoms with E-state index in [9.17, 15) is 22.4 Å². The smallest absolute Gasteiger partial charge is 0.272 e. The normalized spacial score (nSPS) is 16.2. The first-order valence-electron chi connectivity index (χ1n) is 7.06. The lowest BCUT2D eigenvalue weighted by atomic mass is 9.88. The van der Waals surface area contributed by atoms with E-state index in [1.54, 1.807) is 0 Å². The summed E-state index contributed by atoms with van der Waals surface area (Å²) in [5, 5.41) is 9.28. The number of anilines is 1. The van der Waals surface area contributed by atoms with Crippen LogP contribution in [0, 0.1) is 23.3 Å². The number of H-pyrrole nitrogens is 1. The van der Waals surface area contributed by atoms with Gasteiger partial charge in [0.05, 0.1) is 17.0 Å². The molecule has 2 N–H and O–H groups in total. The fourth-order valence-corrected chi connectivity index (χ4v) is 3.11. The highest BCUT2D eigenvalue weighted by Crippen LogP contribution is 2.38. The van der Waals surface area contributed by atoms with Crippen molar-refractivity contribution in [3.63, 3.8) is 0 Å². The molecule has 1 unspecified atom stereocenters. The van der Waals surface area contributed by atoms with E-state index in [1.807, 2.05) is 0 Å². The molecule has 122 valence electrons. The SMILES string of the molecule is O=c1[nH]nc2c3c(cc(F)cc13)NCC2c1c(F)cc(F)cc1F. The van der Waals surface area contributed by atoms with Crippen LogP contribution >= 0.6 is 0 Å². The molecule has 0 bridgehead atoms. The van der Waals surface area contributed by atoms with Gasteiger partial charge >= 0.3 is 0 Å². The zero-order chi connectivity index (χ0) is 17.0. The molecule has 0 fully saturated rings. The highest BCUT2D eigenvalue weighted by atomic mass is 19.1. The summed E-state index contributed by atoms with van der Waals surface area (Å²) < 4.78 is 55.0. The highest BCUT2D eigenvalue weighted by Gasteiger charge is 2.30. The van der Waals surface area contributed by atoms with Crippen LogP contribution in [0.2, 0.25) is 0 Å². The molecule has 4 nitrogen and oxygen atoms in total. The third kappa shape index (κ3) is 2.06. The van der Waals surface area contributed by atoms with E-state index in [2.05, 4.69) is 15.5 Å². The van der Waals surface area contributed by atoms with Crippen molar-refractivity contribution in [2.24, 2.45) is 0 Å². The van der Waals surface area contributed by atoms with Gasteiger partial charge in [-0.1, -0.05) is 0 Å². The van der Waals surface area contributed by atoms with Crippen LogP contribution in [0.15, 0.2) is 29.1 Å². The van der Waals surface area contributed by atoms with Gasteiger partial charge in [0.15, 0.2) is 0 Å². The molecule has 1 aliphatic heterocycles. The van der Waals surface area contributed by atoms with Crippen LogP contribution in [0.25, 0.3) is 10.8 Å². The van der Waals surface area contributed by atoms with Crippen LogP contribution < -0.4 is 10.9 Å². The first-order valence-corrected chi connectivity index (χ1v) is 7.06. The van der Waals surface area contributed by atoms with E-state index in [0.29, 0.717) is 23.2 Å². The number of nitrogens with zero attached hydrogens (tertiary/aromatic N) is 1. The van der Waals surface area contributed by atoms with Gasteiger partial charge in [0, 0.05) is 35.3 Å². The van der Waals surface area contributed by atoms with Gasteiger partial charge in [-0.2, -0.15) is 5.10 Å². The minimum atomic E-state index is -1.05. The number of aromatic amines is 1. The van der Waals surface area contributed by atoms with Crippen molar-refractivity contribution in [1.82, 2.24) is 10.2 Å². The van der Waals surface area contributed by atoms with Gasteiger partial charge in [-0.05, 0) is 12.1 Å². The van der Waals surface area contributed by atoms with Gasteiger partial charge in [-0.25, -0.2) is 22.7 Å². The molecule has 0 aliphatic carbocycles. The lowest BCUT2D eigenvalue weighted by molar-refractivity contribution is 0.512. The molecule has 1 atom stereocenters. The summed E-state index contributed by atoms with van der Waals surface area (Å²) in [4.78, 5) is 11.9. The van der Waals surface area contributed by atoms with Crippen molar-refractivity contribution in [3.8, 4) is 0 Å². The van der Waals surface area contributed by atoms with Crippen LogP contribution in [0.4, 0.5) is 23.2 Å². The Morgan fingerprint density at radius 3 is 2.38 bits per heavy atom. The Bertz CT molecular complexity index is 1020. The van der Waals surface area contributed by atoms with Crippen LogP contribution in [-0.4, -0.2) is 16.7 Å². The predicted molar refractivity (Wildman–Crippen MR) is 79.0 cm³/mol. The summed E-state index contributed by atoms with van der Waals surface area (Å²) >= 11 is 0. The van der Waals surface area contributed by atoms with Gasteiger partial charge in [0.2, 0.25) is 0 Å². The first-order chi connectivity index (χ1) is 11.5. The monoisotopic (exact) mass is 335 g/mol. The molecule has 0 saturated carbocycles. The van der Waals surface area contributed by atoms with Crippen molar-refractivity contribution in [2.75, 3.05) is 11.9 Å². The largest absolute Gasteiger partial charge is 0.383 e. The second-order valence-corrected chi connectivity index (χ2v) is 5.53. The molecule has 0 amide bonds. The Labute approximate surface area is 132 Å². The molecule has 24 heavy (non-hydrogen) atoms. The number of aromatic nitrogens is 2. The fraction of sp³-hybridized carbons (Fsp3) is 0.125. The van der Waals surface area contributed by atoms with E-state index in [1.165, 1.54) is 6.07 Å². The molecule has 3 aromatic rings. The molecule has 0 spiro atoms. The summed E-state index contributed by atoms with van der Waals surface area (Å²) in [6, 6.07) is 3.38. The number of benzene rings is 2. The molecule has 2 heterocycles. The molecular weight excluding hydrogens is 326 g/mol. The van der Waals surface area contributed by atoms with Crippen molar-refractivity contribution in [2.45, 2.75) is 5.92 Å². The van der Waals surface area contributed by atoms with Gasteiger partial charge in [-0.3, -0.25) is 4.79 Å². The molecule has 4 rings (SSSR count). The van der Waals surface area contributed by atoms with Crippen LogP contribution in [-0.2, 0) is 0 Å². The maximum atomic E-state index is 14.1. The van der Waals surface area contributed by atoms with E-state index in [-0.39, 0.29) is 23.2 Å². The van der Waals surface area contributed by atoms with Crippen molar-refractivity contribution >= 4 is 16.5 Å². The zero-order valence-corrected chi connectivity index (χ0v) is 12.0. The van der Waals surface area contributed by atoms with Crippen molar-refractivity contribution in [3.05, 3.63) is 69.1 Å². The Hall–Kier alpha value is -2.90. The van der Waals surface area contributed by atoms with Crippen molar-refractivity contribution in [1.29, 1.82) is 0 Å². The number of hydrogen-bond donors (Lipinski definition) is 2. The van der Waals surface area contributed by atoms with Crippen LogP contribution in [0.3, 0.4) is 0 Å². The number of nitrogens with one attached hydrogen (secondary N) is 2. The summed E-state index contributed by atoms with van der Waals surface area (Å²) in [7, 11) is 0. The average Bonchev–Trinajstić information content (AvgIpc) is 2.50. The Kier molecular flexibility index (Phi) is 3.09. The number of rotatable bonds is 1. The van der Waals surface area contributed by atoms with Gasteiger partial charge in [-0.15, -0.1) is 0 Å². The highest BCUT2D eigenvalue weighted by molar-refractivity contribution is 5.97. The molecule has 1 aromatic heterocycles. The predicted octanol–water partition coefficient (Wildman–Crippen LogP) is 3.04. The van der Waals surface area contributed by atoms with E-state index < -0.39 is 34.7 Å². The average molecular weight is 335 g/mol. The molecule has 0 saturated heterocycles. The lowest BCUT2D eigenvalue weighted by Crippen LogP contribution is -2.26. The zero-order valence-electron chi connectivity index (χ0n) is 12.0. The summed E-state index contributed by atoms with van der Waals surface area (Å²) in [5.41, 5.74) is -0.461. The molecule has 0 radical (unpaired) electrons. The summed E-state index contributed by atoms with van der Waals surface area (Å²) in [6.07, 6.45) is 0. The standard InChI is InChI=1S/C16H9F4N3O/c17-6-1-8-14-12(4-6)21-5-9(15(14)22-23-16(8)24)13-10(19)2-7(18)3-11(13)20/h1-4,9,21H,5H2,(H,23,24). The maximum absolute atomic E-state index is 14.1. The van der Waals surface area contributed by atoms with Gasteiger partial charge in [0.1, 0.15) is 23.3 Å². The van der Waals surface area contributed by atoms with E-state index in [4.69, 9.17) is 0 Å². The van der Waals surface area contributed by atoms with E-state index >= 15 is 0 Å². The fourth-order valence-electron chi connectivity index (χ4n) is 3.11. The summed E-state index contributed by atoms with van der Waals surface area (Å²) in [5.74, 6) is -4.65. The first kappa shape index (κ1) is 14.7. The number of hydrogen-bond acceptors (Lipinski definition) is 3.